The summed E-state index contributed by atoms with van der Waals surface area (Å²) < 4.78 is 6.07. The van der Waals surface area contributed by atoms with E-state index in [0.717, 1.165) is 22.3 Å². The minimum Gasteiger partial charge on any atom is -0.450 e. The fraction of sp³-hybridized carbons (Fsp3) is 0.160. The number of fused-ring (bicyclic) bond motifs is 2. The van der Waals surface area contributed by atoms with E-state index in [2.05, 4.69) is 4.98 Å². The van der Waals surface area contributed by atoms with Gasteiger partial charge in [0.2, 0.25) is 5.76 Å². The maximum Gasteiger partial charge on any atom is 0.291 e. The molecule has 0 N–H and O–H groups in total. The van der Waals surface area contributed by atoms with Crippen molar-refractivity contribution in [1.82, 2.24) is 9.88 Å². The summed E-state index contributed by atoms with van der Waals surface area (Å²) in [6.45, 7) is 4.19. The van der Waals surface area contributed by atoms with Crippen molar-refractivity contribution < 1.29 is 9.21 Å². The normalized spacial score (nSPS) is 15.6. The minimum absolute atomic E-state index is 0.134. The van der Waals surface area contributed by atoms with Gasteiger partial charge < -0.3 is 9.32 Å². The van der Waals surface area contributed by atoms with E-state index in [9.17, 15) is 9.59 Å². The zero-order valence-corrected chi connectivity index (χ0v) is 16.8. The van der Waals surface area contributed by atoms with Crippen LogP contribution in [0.15, 0.2) is 76.2 Å². The molecule has 5 rings (SSSR count). The molecule has 1 unspecified atom stereocenters. The Balaban J connectivity index is 1.77. The standard InChI is InChI=1S/C25H20N2O3/c1-15-11-16(2)20-19(12-15)30-24-21(23(20)28)22(18-8-4-3-5-9-18)27(25(24)29)14-17-7-6-10-26-13-17/h3-13,22H,14H2,1-2H3. The predicted molar refractivity (Wildman–Crippen MR) is 114 cm³/mol. The van der Waals surface area contributed by atoms with Crippen LogP contribution in [0.4, 0.5) is 0 Å². The molecule has 1 amide bonds. The number of pyridine rings is 1. The molecule has 3 heterocycles. The highest BCUT2D eigenvalue weighted by molar-refractivity contribution is 5.99. The van der Waals surface area contributed by atoms with E-state index >= 15 is 0 Å². The highest BCUT2D eigenvalue weighted by atomic mass is 16.3. The summed E-state index contributed by atoms with van der Waals surface area (Å²) in [6.07, 6.45) is 3.43. The maximum absolute atomic E-state index is 13.6. The Kier molecular flexibility index (Phi) is 4.24. The van der Waals surface area contributed by atoms with Crippen molar-refractivity contribution in [2.75, 3.05) is 0 Å². The number of benzene rings is 2. The van der Waals surface area contributed by atoms with Crippen LogP contribution >= 0.6 is 0 Å². The van der Waals surface area contributed by atoms with Gasteiger partial charge in [0.05, 0.1) is 17.0 Å². The fourth-order valence-corrected chi connectivity index (χ4v) is 4.35. The Bertz CT molecular complexity index is 1330. The zero-order chi connectivity index (χ0) is 20.8. The fourth-order valence-electron chi connectivity index (χ4n) is 4.35. The Morgan fingerprint density at radius 3 is 2.57 bits per heavy atom. The van der Waals surface area contributed by atoms with Crippen LogP contribution in [0.5, 0.6) is 0 Å². The van der Waals surface area contributed by atoms with Crippen LogP contribution in [0.3, 0.4) is 0 Å². The lowest BCUT2D eigenvalue weighted by molar-refractivity contribution is 0.0714. The van der Waals surface area contributed by atoms with Crippen LogP contribution in [-0.2, 0) is 6.54 Å². The highest BCUT2D eigenvalue weighted by Gasteiger charge is 2.42. The SMILES string of the molecule is Cc1cc(C)c2c(=O)c3c(oc2c1)C(=O)N(Cc1cccnc1)C3c1ccccc1. The van der Waals surface area contributed by atoms with Crippen LogP contribution in [0.2, 0.25) is 0 Å². The van der Waals surface area contributed by atoms with Gasteiger partial charge in [0.25, 0.3) is 5.91 Å². The minimum atomic E-state index is -0.504. The molecule has 2 aromatic carbocycles. The van der Waals surface area contributed by atoms with E-state index in [4.69, 9.17) is 4.42 Å². The molecule has 0 bridgehead atoms. The van der Waals surface area contributed by atoms with Gasteiger partial charge in [-0.1, -0.05) is 42.5 Å². The van der Waals surface area contributed by atoms with Crippen LogP contribution in [0.1, 0.15) is 44.4 Å². The number of hydrogen-bond donors (Lipinski definition) is 0. The van der Waals surface area contributed by atoms with Crippen molar-refractivity contribution in [3.05, 3.63) is 111 Å². The number of aromatic nitrogens is 1. The van der Waals surface area contributed by atoms with Gasteiger partial charge in [-0.05, 0) is 48.2 Å². The molecule has 5 heteroatoms. The number of hydrogen-bond acceptors (Lipinski definition) is 4. The lowest BCUT2D eigenvalue weighted by Crippen LogP contribution is -2.29. The van der Waals surface area contributed by atoms with Gasteiger partial charge in [-0.3, -0.25) is 14.6 Å². The largest absolute Gasteiger partial charge is 0.450 e. The molecule has 0 saturated carbocycles. The number of aryl methyl sites for hydroxylation is 2. The average molecular weight is 396 g/mol. The van der Waals surface area contributed by atoms with Crippen molar-refractivity contribution in [2.45, 2.75) is 26.4 Å². The lowest BCUT2D eigenvalue weighted by atomic mass is 9.97. The van der Waals surface area contributed by atoms with E-state index in [0.29, 0.717) is 23.1 Å². The quantitative estimate of drug-likeness (QED) is 0.510. The first kappa shape index (κ1) is 18.3. The number of nitrogens with zero attached hydrogens (tertiary/aromatic N) is 2. The summed E-state index contributed by atoms with van der Waals surface area (Å²) >= 11 is 0. The topological polar surface area (TPSA) is 63.4 Å². The molecule has 0 aliphatic carbocycles. The second-order valence-electron chi connectivity index (χ2n) is 7.74. The highest BCUT2D eigenvalue weighted by Crippen LogP contribution is 2.39. The number of carbonyl (C=O) groups excluding carboxylic acids is 1. The summed E-state index contributed by atoms with van der Waals surface area (Å²) in [5.74, 6) is -0.142. The third kappa shape index (κ3) is 2.82. The van der Waals surface area contributed by atoms with E-state index in [1.165, 1.54) is 0 Å². The molecule has 0 fully saturated rings. The molecule has 148 valence electrons. The molecule has 1 aliphatic rings. The van der Waals surface area contributed by atoms with Gasteiger partial charge in [-0.25, -0.2) is 0 Å². The molecule has 0 spiro atoms. The predicted octanol–water partition coefficient (Wildman–Crippen LogP) is 4.55. The van der Waals surface area contributed by atoms with Crippen molar-refractivity contribution in [3.8, 4) is 0 Å². The Hall–Kier alpha value is -3.73. The summed E-state index contributed by atoms with van der Waals surface area (Å²) in [5.41, 5.74) is 4.34. The van der Waals surface area contributed by atoms with E-state index in [1.54, 1.807) is 17.3 Å². The second kappa shape index (κ2) is 6.95. The first-order chi connectivity index (χ1) is 14.5. The number of amides is 1. The van der Waals surface area contributed by atoms with E-state index < -0.39 is 6.04 Å². The van der Waals surface area contributed by atoms with Crippen molar-refractivity contribution in [3.63, 3.8) is 0 Å². The van der Waals surface area contributed by atoms with Crippen LogP contribution < -0.4 is 5.43 Å². The summed E-state index contributed by atoms with van der Waals surface area (Å²) in [5, 5.41) is 0.538. The van der Waals surface area contributed by atoms with Gasteiger partial charge in [-0.2, -0.15) is 0 Å². The molecule has 1 aliphatic heterocycles. The lowest BCUT2D eigenvalue weighted by Gasteiger charge is -2.25. The van der Waals surface area contributed by atoms with Gasteiger partial charge in [0, 0.05) is 18.9 Å². The summed E-state index contributed by atoms with van der Waals surface area (Å²) in [4.78, 5) is 32.9. The Labute approximate surface area is 173 Å². The molecule has 2 aromatic heterocycles. The monoisotopic (exact) mass is 396 g/mol. The van der Waals surface area contributed by atoms with Crippen molar-refractivity contribution in [1.29, 1.82) is 0 Å². The summed E-state index contributed by atoms with van der Waals surface area (Å²) in [6, 6.07) is 16.7. The molecule has 30 heavy (non-hydrogen) atoms. The number of carbonyl (C=O) groups is 1. The third-order valence-corrected chi connectivity index (χ3v) is 5.60. The molecular formula is C25H20N2O3. The molecule has 1 atom stereocenters. The van der Waals surface area contributed by atoms with Crippen LogP contribution in [-0.4, -0.2) is 15.8 Å². The van der Waals surface area contributed by atoms with Gasteiger partial charge in [0.1, 0.15) is 5.58 Å². The number of rotatable bonds is 3. The van der Waals surface area contributed by atoms with Crippen LogP contribution in [0.25, 0.3) is 11.0 Å². The molecule has 4 aromatic rings. The van der Waals surface area contributed by atoms with Crippen LogP contribution in [0, 0.1) is 13.8 Å². The summed E-state index contributed by atoms with van der Waals surface area (Å²) in [7, 11) is 0. The van der Waals surface area contributed by atoms with E-state index in [-0.39, 0.29) is 17.1 Å². The Morgan fingerprint density at radius 1 is 1.03 bits per heavy atom. The van der Waals surface area contributed by atoms with E-state index in [1.807, 2.05) is 68.4 Å². The maximum atomic E-state index is 13.6. The zero-order valence-electron chi connectivity index (χ0n) is 16.8. The average Bonchev–Trinajstić information content (AvgIpc) is 3.01. The molecular weight excluding hydrogens is 376 g/mol. The second-order valence-corrected chi connectivity index (χ2v) is 7.74. The first-order valence-electron chi connectivity index (χ1n) is 9.87. The van der Waals surface area contributed by atoms with Gasteiger partial charge >= 0.3 is 0 Å². The van der Waals surface area contributed by atoms with Gasteiger partial charge in [-0.15, -0.1) is 0 Å². The third-order valence-electron chi connectivity index (χ3n) is 5.60. The molecule has 0 saturated heterocycles. The molecule has 5 nitrogen and oxygen atoms in total. The first-order valence-corrected chi connectivity index (χ1v) is 9.87. The van der Waals surface area contributed by atoms with Crippen molar-refractivity contribution >= 4 is 16.9 Å². The molecule has 0 radical (unpaired) electrons. The van der Waals surface area contributed by atoms with Crippen molar-refractivity contribution in [2.24, 2.45) is 0 Å². The smallest absolute Gasteiger partial charge is 0.291 e. The Morgan fingerprint density at radius 2 is 1.83 bits per heavy atom. The van der Waals surface area contributed by atoms with Gasteiger partial charge in [0.15, 0.2) is 5.43 Å².